The first kappa shape index (κ1) is 22.0. The number of nitro groups is 1. The molecular formula is C22H21N3O5S. The topological polar surface area (TPSA) is 110 Å². The molecule has 0 heterocycles. The van der Waals surface area contributed by atoms with E-state index in [9.17, 15) is 23.3 Å². The molecule has 9 heteroatoms. The summed E-state index contributed by atoms with van der Waals surface area (Å²) in [4.78, 5) is 23.3. The largest absolute Gasteiger partial charge is 0.324 e. The van der Waals surface area contributed by atoms with E-state index in [2.05, 4.69) is 5.32 Å². The predicted molar refractivity (Wildman–Crippen MR) is 119 cm³/mol. The molecule has 3 rings (SSSR count). The van der Waals surface area contributed by atoms with Gasteiger partial charge in [-0.05, 0) is 55.3 Å². The molecule has 0 saturated carbocycles. The fraction of sp³-hybridized carbons (Fsp3) is 0.136. The van der Waals surface area contributed by atoms with Crippen molar-refractivity contribution in [2.45, 2.75) is 18.7 Å². The molecule has 0 radical (unpaired) electrons. The number of nitrogens with zero attached hydrogens (tertiary/aromatic N) is 2. The van der Waals surface area contributed by atoms with Crippen molar-refractivity contribution < 1.29 is 18.1 Å². The van der Waals surface area contributed by atoms with Crippen LogP contribution in [0.2, 0.25) is 0 Å². The second-order valence-corrected chi connectivity index (χ2v) is 8.89. The molecule has 0 bridgehead atoms. The molecule has 0 fully saturated rings. The van der Waals surface area contributed by atoms with Crippen molar-refractivity contribution in [3.8, 4) is 0 Å². The van der Waals surface area contributed by atoms with Gasteiger partial charge in [-0.15, -0.1) is 0 Å². The number of hydrogen-bond donors (Lipinski definition) is 1. The summed E-state index contributed by atoms with van der Waals surface area (Å²) in [7, 11) is -4.15. The van der Waals surface area contributed by atoms with Crippen molar-refractivity contribution >= 4 is 33.0 Å². The van der Waals surface area contributed by atoms with Crippen LogP contribution in [0, 0.1) is 24.0 Å². The number of benzene rings is 3. The molecule has 31 heavy (non-hydrogen) atoms. The van der Waals surface area contributed by atoms with E-state index in [1.54, 1.807) is 30.3 Å². The van der Waals surface area contributed by atoms with Crippen LogP contribution in [0.15, 0.2) is 77.7 Å². The van der Waals surface area contributed by atoms with Crippen LogP contribution < -0.4 is 9.62 Å². The zero-order valence-corrected chi connectivity index (χ0v) is 17.8. The van der Waals surface area contributed by atoms with Crippen LogP contribution in [0.3, 0.4) is 0 Å². The molecule has 3 aromatic carbocycles. The van der Waals surface area contributed by atoms with Crippen LogP contribution in [0.25, 0.3) is 0 Å². The number of sulfonamides is 1. The summed E-state index contributed by atoms with van der Waals surface area (Å²) in [5.41, 5.74) is 2.18. The lowest BCUT2D eigenvalue weighted by Crippen LogP contribution is -2.38. The molecular weight excluding hydrogens is 418 g/mol. The number of anilines is 2. The van der Waals surface area contributed by atoms with Crippen molar-refractivity contribution in [1.29, 1.82) is 0 Å². The van der Waals surface area contributed by atoms with Crippen LogP contribution in [0.4, 0.5) is 17.1 Å². The Hall–Kier alpha value is -3.72. The van der Waals surface area contributed by atoms with Gasteiger partial charge in [-0.25, -0.2) is 8.42 Å². The first-order valence-electron chi connectivity index (χ1n) is 9.37. The highest BCUT2D eigenvalue weighted by Crippen LogP contribution is 2.27. The van der Waals surface area contributed by atoms with E-state index in [-0.39, 0.29) is 16.3 Å². The number of nitro benzene ring substituents is 1. The second kappa shape index (κ2) is 8.97. The standard InChI is InChI=1S/C22H21N3O5S/c1-16-11-17(2)13-18(12-16)23-22(26)15-24(19-7-6-8-20(14-19)25(27)28)31(29,30)21-9-4-3-5-10-21/h3-14H,15H2,1-2H3,(H,23,26). The lowest BCUT2D eigenvalue weighted by molar-refractivity contribution is -0.384. The molecule has 0 aromatic heterocycles. The zero-order valence-electron chi connectivity index (χ0n) is 17.0. The second-order valence-electron chi connectivity index (χ2n) is 7.03. The Balaban J connectivity index is 1.99. The predicted octanol–water partition coefficient (Wildman–Crippen LogP) is 4.05. The van der Waals surface area contributed by atoms with Crippen LogP contribution in [0.5, 0.6) is 0 Å². The molecule has 3 aromatic rings. The van der Waals surface area contributed by atoms with Crippen molar-refractivity contribution in [1.82, 2.24) is 0 Å². The van der Waals surface area contributed by atoms with Crippen molar-refractivity contribution in [2.24, 2.45) is 0 Å². The SMILES string of the molecule is Cc1cc(C)cc(NC(=O)CN(c2cccc([N+](=O)[O-])c2)S(=O)(=O)c2ccccc2)c1. The quantitative estimate of drug-likeness (QED) is 0.441. The van der Waals surface area contributed by atoms with E-state index in [4.69, 9.17) is 0 Å². The zero-order chi connectivity index (χ0) is 22.6. The highest BCUT2D eigenvalue weighted by molar-refractivity contribution is 7.92. The number of hydrogen-bond acceptors (Lipinski definition) is 5. The van der Waals surface area contributed by atoms with Gasteiger partial charge < -0.3 is 5.32 Å². The molecule has 8 nitrogen and oxygen atoms in total. The number of carbonyl (C=O) groups excluding carboxylic acids is 1. The summed E-state index contributed by atoms with van der Waals surface area (Å²) in [5, 5.41) is 13.9. The number of nitrogens with one attached hydrogen (secondary N) is 1. The molecule has 160 valence electrons. The minimum Gasteiger partial charge on any atom is -0.324 e. The molecule has 0 unspecified atom stereocenters. The lowest BCUT2D eigenvalue weighted by Gasteiger charge is -2.24. The molecule has 0 aliphatic heterocycles. The fourth-order valence-electron chi connectivity index (χ4n) is 3.17. The molecule has 1 N–H and O–H groups in total. The Kier molecular flexibility index (Phi) is 6.36. The maximum atomic E-state index is 13.3. The number of rotatable bonds is 7. The summed E-state index contributed by atoms with van der Waals surface area (Å²) < 4.78 is 27.4. The summed E-state index contributed by atoms with van der Waals surface area (Å²) in [6.07, 6.45) is 0. The van der Waals surface area contributed by atoms with Crippen LogP contribution in [-0.4, -0.2) is 25.8 Å². The van der Waals surface area contributed by atoms with Crippen LogP contribution >= 0.6 is 0 Å². The Morgan fingerprint density at radius 3 is 2.23 bits per heavy atom. The van der Waals surface area contributed by atoms with Gasteiger partial charge in [-0.1, -0.05) is 30.3 Å². The third-order valence-electron chi connectivity index (χ3n) is 4.45. The van der Waals surface area contributed by atoms with E-state index < -0.39 is 27.4 Å². The molecule has 0 atom stereocenters. The normalized spacial score (nSPS) is 11.0. The molecule has 0 aliphatic carbocycles. The summed E-state index contributed by atoms with van der Waals surface area (Å²) in [5.74, 6) is -0.573. The maximum absolute atomic E-state index is 13.3. The third-order valence-corrected chi connectivity index (χ3v) is 6.24. The number of amides is 1. The number of aryl methyl sites for hydroxylation is 2. The molecule has 0 spiro atoms. The van der Waals surface area contributed by atoms with Gasteiger partial charge in [0, 0.05) is 17.8 Å². The smallest absolute Gasteiger partial charge is 0.271 e. The highest BCUT2D eigenvalue weighted by Gasteiger charge is 2.28. The van der Waals surface area contributed by atoms with Crippen LogP contribution in [0.1, 0.15) is 11.1 Å². The van der Waals surface area contributed by atoms with Gasteiger partial charge in [0.05, 0.1) is 15.5 Å². The molecule has 0 aliphatic rings. The van der Waals surface area contributed by atoms with E-state index >= 15 is 0 Å². The van der Waals surface area contributed by atoms with Gasteiger partial charge in [0.15, 0.2) is 0 Å². The van der Waals surface area contributed by atoms with E-state index in [0.29, 0.717) is 5.69 Å². The highest BCUT2D eigenvalue weighted by atomic mass is 32.2. The van der Waals surface area contributed by atoms with E-state index in [1.807, 2.05) is 19.9 Å². The minimum absolute atomic E-state index is 0.0219. The van der Waals surface area contributed by atoms with Gasteiger partial charge in [0.25, 0.3) is 15.7 Å². The lowest BCUT2D eigenvalue weighted by atomic mass is 10.1. The molecule has 0 saturated heterocycles. The summed E-state index contributed by atoms with van der Waals surface area (Å²) >= 11 is 0. The van der Waals surface area contributed by atoms with Crippen molar-refractivity contribution in [3.63, 3.8) is 0 Å². The average Bonchev–Trinajstić information content (AvgIpc) is 2.72. The van der Waals surface area contributed by atoms with Gasteiger partial charge in [-0.2, -0.15) is 0 Å². The first-order valence-corrected chi connectivity index (χ1v) is 10.8. The van der Waals surface area contributed by atoms with Gasteiger partial charge in [-0.3, -0.25) is 19.2 Å². The summed E-state index contributed by atoms with van der Waals surface area (Å²) in [6.45, 7) is 3.22. The maximum Gasteiger partial charge on any atom is 0.271 e. The first-order chi connectivity index (χ1) is 14.7. The Labute approximate surface area is 180 Å². The Bertz CT molecular complexity index is 1210. The average molecular weight is 439 g/mol. The number of carbonyl (C=O) groups is 1. The van der Waals surface area contributed by atoms with Crippen molar-refractivity contribution in [3.05, 3.63) is 94.0 Å². The minimum atomic E-state index is -4.15. The van der Waals surface area contributed by atoms with Crippen molar-refractivity contribution in [2.75, 3.05) is 16.2 Å². The van der Waals surface area contributed by atoms with E-state index in [0.717, 1.165) is 21.5 Å². The van der Waals surface area contributed by atoms with E-state index in [1.165, 1.54) is 30.3 Å². The Morgan fingerprint density at radius 2 is 1.61 bits per heavy atom. The monoisotopic (exact) mass is 439 g/mol. The van der Waals surface area contributed by atoms with Gasteiger partial charge >= 0.3 is 0 Å². The van der Waals surface area contributed by atoms with Gasteiger partial charge in [0.1, 0.15) is 6.54 Å². The molecule has 1 amide bonds. The summed E-state index contributed by atoms with van der Waals surface area (Å²) in [6, 6.07) is 18.3. The Morgan fingerprint density at radius 1 is 0.968 bits per heavy atom. The van der Waals surface area contributed by atoms with Gasteiger partial charge in [0.2, 0.25) is 5.91 Å². The number of non-ortho nitro benzene ring substituents is 1. The third kappa shape index (κ3) is 5.26. The van der Waals surface area contributed by atoms with Crippen LogP contribution in [-0.2, 0) is 14.8 Å². The fourth-order valence-corrected chi connectivity index (χ4v) is 4.61.